The molecule has 41 heavy (non-hydrogen) atoms. The molecular formula is C33H46F3NO4. The molecule has 1 aliphatic carbocycles. The highest BCUT2D eigenvalue weighted by Crippen LogP contribution is 2.34. The van der Waals surface area contributed by atoms with Crippen molar-refractivity contribution in [2.45, 2.75) is 97.1 Å². The number of benzene rings is 2. The average molecular weight is 578 g/mol. The van der Waals surface area contributed by atoms with Gasteiger partial charge in [0, 0.05) is 19.0 Å². The number of carbonyl (C=O) groups excluding carboxylic acids is 1. The van der Waals surface area contributed by atoms with E-state index in [4.69, 9.17) is 9.47 Å². The highest BCUT2D eigenvalue weighted by Gasteiger charge is 2.32. The van der Waals surface area contributed by atoms with Crippen LogP contribution in [0.4, 0.5) is 13.2 Å². The van der Waals surface area contributed by atoms with Crippen LogP contribution in [0.25, 0.3) is 0 Å². The molecule has 0 amide bonds. The second kappa shape index (κ2) is 15.7. The predicted octanol–water partition coefficient (Wildman–Crippen LogP) is 6.84. The molecule has 0 heterocycles. The van der Waals surface area contributed by atoms with E-state index in [0.29, 0.717) is 49.8 Å². The van der Waals surface area contributed by atoms with E-state index >= 15 is 0 Å². The summed E-state index contributed by atoms with van der Waals surface area (Å²) in [4.78, 5) is 11.6. The Morgan fingerprint density at radius 3 is 2.39 bits per heavy atom. The van der Waals surface area contributed by atoms with E-state index in [1.165, 1.54) is 17.2 Å². The summed E-state index contributed by atoms with van der Waals surface area (Å²) in [6, 6.07) is 12.6. The van der Waals surface area contributed by atoms with Crippen LogP contribution in [0.3, 0.4) is 0 Å². The van der Waals surface area contributed by atoms with Crippen molar-refractivity contribution in [3.63, 3.8) is 0 Å². The van der Waals surface area contributed by atoms with Crippen LogP contribution in [-0.2, 0) is 39.7 Å². The van der Waals surface area contributed by atoms with E-state index < -0.39 is 23.9 Å². The van der Waals surface area contributed by atoms with Gasteiger partial charge >= 0.3 is 12.1 Å². The summed E-state index contributed by atoms with van der Waals surface area (Å²) in [6.45, 7) is 8.48. The number of halogens is 3. The summed E-state index contributed by atoms with van der Waals surface area (Å²) >= 11 is 0. The number of fused-ring (bicyclic) bond motifs is 1. The van der Waals surface area contributed by atoms with Crippen LogP contribution in [0.2, 0.25) is 0 Å². The van der Waals surface area contributed by atoms with Crippen LogP contribution in [-0.4, -0.2) is 43.0 Å². The van der Waals surface area contributed by atoms with Crippen LogP contribution in [0.5, 0.6) is 0 Å². The van der Waals surface area contributed by atoms with Crippen molar-refractivity contribution in [3.8, 4) is 0 Å². The smallest absolute Gasteiger partial charge is 0.416 e. The van der Waals surface area contributed by atoms with Gasteiger partial charge in [0.15, 0.2) is 0 Å². The van der Waals surface area contributed by atoms with Crippen molar-refractivity contribution in [3.05, 3.63) is 70.3 Å². The lowest BCUT2D eigenvalue weighted by Crippen LogP contribution is -2.39. The molecule has 2 N–H and O–H groups in total. The molecule has 2 aromatic carbocycles. The summed E-state index contributed by atoms with van der Waals surface area (Å²) in [5.41, 5.74) is 3.38. The number of hydrogen-bond acceptors (Lipinski definition) is 5. The monoisotopic (exact) mass is 577 g/mol. The van der Waals surface area contributed by atoms with E-state index in [1.807, 2.05) is 0 Å². The van der Waals surface area contributed by atoms with Crippen LogP contribution in [0, 0.1) is 11.8 Å². The second-order valence-electron chi connectivity index (χ2n) is 11.5. The van der Waals surface area contributed by atoms with Crippen LogP contribution in [0.15, 0.2) is 42.5 Å². The SMILES string of the molecule is CCOC(=O)CCCCc1ccc(C(F)(F)F)cc1[C@@H](C)OC[C@H](O)CNC(C)C(C)CC1Cc2ccccc2C1. The average Bonchev–Trinajstić information content (AvgIpc) is 3.34. The Hall–Kier alpha value is -2.42. The van der Waals surface area contributed by atoms with Gasteiger partial charge in [-0.25, -0.2) is 0 Å². The van der Waals surface area contributed by atoms with Crippen LogP contribution >= 0.6 is 0 Å². The van der Waals surface area contributed by atoms with Crippen molar-refractivity contribution in [2.24, 2.45) is 11.8 Å². The molecule has 5 nitrogen and oxygen atoms in total. The van der Waals surface area contributed by atoms with Crippen molar-refractivity contribution in [1.82, 2.24) is 5.32 Å². The van der Waals surface area contributed by atoms with Gasteiger partial charge < -0.3 is 19.9 Å². The van der Waals surface area contributed by atoms with Gasteiger partial charge in [-0.05, 0) is 106 Å². The van der Waals surface area contributed by atoms with Gasteiger partial charge in [0.05, 0.1) is 31.0 Å². The molecular weight excluding hydrogens is 531 g/mol. The molecule has 2 unspecified atom stereocenters. The summed E-state index contributed by atoms with van der Waals surface area (Å²) in [6.07, 6.45) is -0.530. The largest absolute Gasteiger partial charge is 0.466 e. The molecule has 0 saturated heterocycles. The number of carbonyl (C=O) groups is 1. The fraction of sp³-hybridized carbons (Fsp3) is 0.606. The van der Waals surface area contributed by atoms with Gasteiger partial charge in [-0.2, -0.15) is 13.2 Å². The highest BCUT2D eigenvalue weighted by atomic mass is 19.4. The molecule has 1 aliphatic rings. The van der Waals surface area contributed by atoms with Gasteiger partial charge in [-0.1, -0.05) is 37.3 Å². The van der Waals surface area contributed by atoms with E-state index in [9.17, 15) is 23.1 Å². The zero-order valence-electron chi connectivity index (χ0n) is 24.8. The maximum atomic E-state index is 13.4. The number of aliphatic hydroxyl groups excluding tert-OH is 1. The van der Waals surface area contributed by atoms with Gasteiger partial charge in [-0.3, -0.25) is 4.79 Å². The third kappa shape index (κ3) is 10.4. The van der Waals surface area contributed by atoms with E-state index in [2.05, 4.69) is 43.4 Å². The third-order valence-electron chi connectivity index (χ3n) is 8.20. The fourth-order valence-electron chi connectivity index (χ4n) is 5.67. The Balaban J connectivity index is 1.47. The number of hydrogen-bond donors (Lipinski definition) is 2. The highest BCUT2D eigenvalue weighted by molar-refractivity contribution is 5.69. The lowest BCUT2D eigenvalue weighted by atomic mass is 9.89. The first-order valence-electron chi connectivity index (χ1n) is 14.9. The molecule has 2 aromatic rings. The van der Waals surface area contributed by atoms with Crippen molar-refractivity contribution >= 4 is 5.97 Å². The number of esters is 1. The molecule has 0 aliphatic heterocycles. The van der Waals surface area contributed by atoms with Crippen molar-refractivity contribution < 1.29 is 32.5 Å². The minimum Gasteiger partial charge on any atom is -0.466 e. The minimum absolute atomic E-state index is 0.00570. The van der Waals surface area contributed by atoms with Crippen LogP contribution in [0.1, 0.15) is 87.3 Å². The Labute approximate surface area is 242 Å². The molecule has 0 fully saturated rings. The Bertz CT molecular complexity index is 1080. The first-order valence-corrected chi connectivity index (χ1v) is 14.9. The Morgan fingerprint density at radius 1 is 1.07 bits per heavy atom. The molecule has 0 bridgehead atoms. The summed E-state index contributed by atoms with van der Waals surface area (Å²) < 4.78 is 51.1. The van der Waals surface area contributed by atoms with Crippen molar-refractivity contribution in [2.75, 3.05) is 19.8 Å². The molecule has 4 atom stereocenters. The van der Waals surface area contributed by atoms with Gasteiger partial charge in [0.25, 0.3) is 0 Å². The molecule has 8 heteroatoms. The molecule has 0 saturated carbocycles. The maximum Gasteiger partial charge on any atom is 0.416 e. The number of rotatable bonds is 16. The number of ether oxygens (including phenoxy) is 2. The Kier molecular flexibility index (Phi) is 12.7. The van der Waals surface area contributed by atoms with Crippen molar-refractivity contribution in [1.29, 1.82) is 0 Å². The van der Waals surface area contributed by atoms with E-state index in [1.54, 1.807) is 13.8 Å². The van der Waals surface area contributed by atoms with E-state index in [-0.39, 0.29) is 25.0 Å². The number of unbranched alkanes of at least 4 members (excludes halogenated alkanes) is 1. The first kappa shape index (κ1) is 33.1. The standard InChI is InChI=1S/C33H46F3NO4/c1-5-40-32(39)13-9-8-10-26-14-15-29(33(34,35)36)19-31(26)24(4)41-21-30(38)20-37-23(3)22(2)16-25-17-27-11-6-7-12-28(27)18-25/h6-7,11-12,14-15,19,22-25,30,37-38H,5,8-10,13,16-18,20-21H2,1-4H3/t22?,23?,24-,30-/m1/s1. The molecule has 0 spiro atoms. The minimum atomic E-state index is -4.46. The first-order chi connectivity index (χ1) is 19.5. The third-order valence-corrected chi connectivity index (χ3v) is 8.20. The fourth-order valence-corrected chi connectivity index (χ4v) is 5.67. The van der Waals surface area contributed by atoms with E-state index in [0.717, 1.165) is 37.0 Å². The number of aryl methyl sites for hydroxylation is 1. The quantitative estimate of drug-likeness (QED) is 0.169. The second-order valence-corrected chi connectivity index (χ2v) is 11.5. The van der Waals surface area contributed by atoms with Gasteiger partial charge in [0.2, 0.25) is 0 Å². The lowest BCUT2D eigenvalue weighted by molar-refractivity contribution is -0.143. The Morgan fingerprint density at radius 2 is 1.76 bits per heavy atom. The molecule has 228 valence electrons. The number of alkyl halides is 3. The summed E-state index contributed by atoms with van der Waals surface area (Å²) in [7, 11) is 0. The topological polar surface area (TPSA) is 67.8 Å². The zero-order valence-corrected chi connectivity index (χ0v) is 24.8. The molecule has 0 radical (unpaired) electrons. The summed E-state index contributed by atoms with van der Waals surface area (Å²) in [5, 5.41) is 14.0. The van der Waals surface area contributed by atoms with Crippen LogP contribution < -0.4 is 5.32 Å². The molecule has 0 aromatic heterocycles. The lowest BCUT2D eigenvalue weighted by Gasteiger charge is -2.26. The van der Waals surface area contributed by atoms with Gasteiger partial charge in [-0.15, -0.1) is 0 Å². The summed E-state index contributed by atoms with van der Waals surface area (Å²) in [5.74, 6) is 0.790. The molecule has 3 rings (SSSR count). The van der Waals surface area contributed by atoms with Gasteiger partial charge in [0.1, 0.15) is 0 Å². The normalized spacial score (nSPS) is 16.7. The maximum absolute atomic E-state index is 13.4. The zero-order chi connectivity index (χ0) is 30.0. The number of aliphatic hydroxyl groups is 1. The number of nitrogens with one attached hydrogen (secondary N) is 1. The predicted molar refractivity (Wildman–Crippen MR) is 155 cm³/mol.